The number of carboxylic acids is 1. The summed E-state index contributed by atoms with van der Waals surface area (Å²) in [4.78, 5) is 30.2. The number of aryl methyl sites for hydroxylation is 2. The fourth-order valence-corrected chi connectivity index (χ4v) is 4.16. The van der Waals surface area contributed by atoms with Gasteiger partial charge in [-0.2, -0.15) is 0 Å². The van der Waals surface area contributed by atoms with Crippen LogP contribution in [-0.4, -0.2) is 27.7 Å². The SMILES string of the molecule is COc1cccc(-c2c(C)sc3nc(C)n(CCCC(=O)O)c(=O)c23)c1. The Balaban J connectivity index is 2.16. The highest BCUT2D eigenvalue weighted by Gasteiger charge is 2.19. The summed E-state index contributed by atoms with van der Waals surface area (Å²) in [5, 5.41) is 9.42. The Bertz CT molecular complexity index is 1040. The number of nitrogens with zero attached hydrogens (tertiary/aromatic N) is 2. The molecule has 3 aromatic rings. The molecule has 136 valence electrons. The van der Waals surface area contributed by atoms with E-state index >= 15 is 0 Å². The third-order valence-corrected chi connectivity index (χ3v) is 5.31. The number of aliphatic carboxylic acids is 1. The van der Waals surface area contributed by atoms with Crippen molar-refractivity contribution in [1.82, 2.24) is 9.55 Å². The summed E-state index contributed by atoms with van der Waals surface area (Å²) in [7, 11) is 1.61. The molecule has 3 rings (SSSR count). The van der Waals surface area contributed by atoms with E-state index in [0.717, 1.165) is 21.8 Å². The fourth-order valence-electron chi connectivity index (χ4n) is 3.07. The highest BCUT2D eigenvalue weighted by molar-refractivity contribution is 7.19. The molecule has 0 aliphatic rings. The second-order valence-corrected chi connectivity index (χ2v) is 7.26. The molecular formula is C19H20N2O4S. The molecule has 0 spiro atoms. The molecule has 6 nitrogen and oxygen atoms in total. The average molecular weight is 372 g/mol. The third-order valence-electron chi connectivity index (χ3n) is 4.31. The maximum Gasteiger partial charge on any atom is 0.303 e. The van der Waals surface area contributed by atoms with Gasteiger partial charge in [-0.25, -0.2) is 4.98 Å². The van der Waals surface area contributed by atoms with Crippen LogP contribution >= 0.6 is 11.3 Å². The Morgan fingerprint density at radius 2 is 2.12 bits per heavy atom. The lowest BCUT2D eigenvalue weighted by Gasteiger charge is -2.10. The van der Waals surface area contributed by atoms with Crippen LogP contribution in [0.4, 0.5) is 0 Å². The van der Waals surface area contributed by atoms with Gasteiger partial charge in [0.05, 0.1) is 12.5 Å². The molecule has 1 aromatic carbocycles. The first-order valence-corrected chi connectivity index (χ1v) is 9.10. The van der Waals surface area contributed by atoms with Crippen LogP contribution in [0.3, 0.4) is 0 Å². The van der Waals surface area contributed by atoms with Gasteiger partial charge in [0.2, 0.25) is 0 Å². The van der Waals surface area contributed by atoms with Gasteiger partial charge < -0.3 is 9.84 Å². The Morgan fingerprint density at radius 1 is 1.35 bits per heavy atom. The summed E-state index contributed by atoms with van der Waals surface area (Å²) in [6.07, 6.45) is 0.413. The van der Waals surface area contributed by atoms with Crippen molar-refractivity contribution >= 4 is 27.5 Å². The summed E-state index contributed by atoms with van der Waals surface area (Å²) in [6.45, 7) is 4.10. The van der Waals surface area contributed by atoms with Crippen molar-refractivity contribution in [3.8, 4) is 16.9 Å². The number of hydrogen-bond donors (Lipinski definition) is 1. The lowest BCUT2D eigenvalue weighted by atomic mass is 10.0. The molecular weight excluding hydrogens is 352 g/mol. The smallest absolute Gasteiger partial charge is 0.303 e. The zero-order valence-electron chi connectivity index (χ0n) is 14.9. The van der Waals surface area contributed by atoms with Gasteiger partial charge in [0.15, 0.2) is 0 Å². The molecule has 1 N–H and O–H groups in total. The largest absolute Gasteiger partial charge is 0.497 e. The van der Waals surface area contributed by atoms with Crippen LogP contribution < -0.4 is 10.3 Å². The topological polar surface area (TPSA) is 81.4 Å². The maximum absolute atomic E-state index is 13.1. The standard InChI is InChI=1S/C19H20N2O4S/c1-11-16(13-6-4-7-14(10-13)25-3)17-18(26-11)20-12(2)21(19(17)24)9-5-8-15(22)23/h4,6-7,10H,5,8-9H2,1-3H3,(H,22,23). The fraction of sp³-hybridized carbons (Fsp3) is 0.316. The van der Waals surface area contributed by atoms with E-state index in [1.165, 1.54) is 11.3 Å². The number of fused-ring (bicyclic) bond motifs is 1. The average Bonchev–Trinajstić information content (AvgIpc) is 2.93. The molecule has 2 heterocycles. The van der Waals surface area contributed by atoms with Crippen LogP contribution in [0.1, 0.15) is 23.5 Å². The van der Waals surface area contributed by atoms with E-state index in [0.29, 0.717) is 29.0 Å². The zero-order chi connectivity index (χ0) is 18.8. The van der Waals surface area contributed by atoms with E-state index in [4.69, 9.17) is 9.84 Å². The molecule has 7 heteroatoms. The van der Waals surface area contributed by atoms with Gasteiger partial charge in [0, 0.05) is 23.4 Å². The Labute approximate surface area is 154 Å². The van der Waals surface area contributed by atoms with Crippen LogP contribution in [0.2, 0.25) is 0 Å². The highest BCUT2D eigenvalue weighted by atomic mass is 32.1. The molecule has 0 radical (unpaired) electrons. The first-order valence-electron chi connectivity index (χ1n) is 8.29. The summed E-state index contributed by atoms with van der Waals surface area (Å²) >= 11 is 1.49. The monoisotopic (exact) mass is 372 g/mol. The normalized spacial score (nSPS) is 11.0. The van der Waals surface area contributed by atoms with E-state index in [-0.39, 0.29) is 12.0 Å². The third kappa shape index (κ3) is 3.35. The highest BCUT2D eigenvalue weighted by Crippen LogP contribution is 2.36. The molecule has 0 aliphatic carbocycles. The quantitative estimate of drug-likeness (QED) is 0.715. The molecule has 0 fully saturated rings. The van der Waals surface area contributed by atoms with Gasteiger partial charge in [-0.3, -0.25) is 14.2 Å². The Kier molecular flexibility index (Phi) is 5.08. The van der Waals surface area contributed by atoms with E-state index in [2.05, 4.69) is 4.98 Å². The summed E-state index contributed by atoms with van der Waals surface area (Å²) < 4.78 is 6.87. The molecule has 0 saturated heterocycles. The van der Waals surface area contributed by atoms with Crippen molar-refractivity contribution in [3.05, 3.63) is 45.3 Å². The van der Waals surface area contributed by atoms with Crippen molar-refractivity contribution in [1.29, 1.82) is 0 Å². The van der Waals surface area contributed by atoms with Crippen molar-refractivity contribution in [2.24, 2.45) is 0 Å². The second-order valence-electron chi connectivity index (χ2n) is 6.06. The summed E-state index contributed by atoms with van der Waals surface area (Å²) in [6, 6.07) is 7.61. The number of rotatable bonds is 6. The molecule has 0 aliphatic heterocycles. The predicted octanol–water partition coefficient (Wildman–Crippen LogP) is 3.62. The zero-order valence-corrected chi connectivity index (χ0v) is 15.7. The Hall–Kier alpha value is -2.67. The lowest BCUT2D eigenvalue weighted by Crippen LogP contribution is -2.24. The van der Waals surface area contributed by atoms with E-state index in [9.17, 15) is 9.59 Å². The van der Waals surface area contributed by atoms with Gasteiger partial charge in [-0.1, -0.05) is 12.1 Å². The predicted molar refractivity (Wildman–Crippen MR) is 102 cm³/mol. The van der Waals surface area contributed by atoms with Crippen molar-refractivity contribution < 1.29 is 14.6 Å². The number of thiophene rings is 1. The molecule has 0 atom stereocenters. The van der Waals surface area contributed by atoms with Crippen molar-refractivity contribution in [2.75, 3.05) is 7.11 Å². The summed E-state index contributed by atoms with van der Waals surface area (Å²) in [5.74, 6) is 0.461. The van der Waals surface area contributed by atoms with E-state index < -0.39 is 5.97 Å². The second kappa shape index (κ2) is 7.29. The van der Waals surface area contributed by atoms with Crippen LogP contribution in [-0.2, 0) is 11.3 Å². The minimum Gasteiger partial charge on any atom is -0.497 e. The first kappa shape index (κ1) is 18.1. The van der Waals surface area contributed by atoms with E-state index in [1.807, 2.05) is 31.2 Å². The molecule has 0 unspecified atom stereocenters. The molecule has 0 saturated carbocycles. The molecule has 0 amide bonds. The van der Waals surface area contributed by atoms with Gasteiger partial charge in [0.25, 0.3) is 5.56 Å². The molecule has 26 heavy (non-hydrogen) atoms. The minimum absolute atomic E-state index is 0.0231. The number of aromatic nitrogens is 2. The van der Waals surface area contributed by atoms with Crippen LogP contribution in [0.25, 0.3) is 21.3 Å². The van der Waals surface area contributed by atoms with Crippen LogP contribution in [0.5, 0.6) is 5.75 Å². The van der Waals surface area contributed by atoms with E-state index in [1.54, 1.807) is 18.6 Å². The first-order chi connectivity index (χ1) is 12.4. The number of benzene rings is 1. The van der Waals surface area contributed by atoms with Crippen LogP contribution in [0, 0.1) is 13.8 Å². The summed E-state index contributed by atoms with van der Waals surface area (Å²) in [5.41, 5.74) is 1.65. The number of ether oxygens (including phenoxy) is 1. The Morgan fingerprint density at radius 3 is 2.81 bits per heavy atom. The lowest BCUT2D eigenvalue weighted by molar-refractivity contribution is -0.137. The molecule has 2 aromatic heterocycles. The molecule has 0 bridgehead atoms. The van der Waals surface area contributed by atoms with Gasteiger partial charge in [0.1, 0.15) is 16.4 Å². The van der Waals surface area contributed by atoms with Gasteiger partial charge in [-0.05, 0) is 38.0 Å². The number of hydrogen-bond acceptors (Lipinski definition) is 5. The number of carboxylic acid groups (broad SMARTS) is 1. The van der Waals surface area contributed by atoms with Gasteiger partial charge in [-0.15, -0.1) is 11.3 Å². The van der Waals surface area contributed by atoms with Crippen LogP contribution in [0.15, 0.2) is 29.1 Å². The number of methoxy groups -OCH3 is 1. The van der Waals surface area contributed by atoms with Crippen molar-refractivity contribution in [3.63, 3.8) is 0 Å². The minimum atomic E-state index is -0.867. The number of carbonyl (C=O) groups is 1. The van der Waals surface area contributed by atoms with Crippen molar-refractivity contribution in [2.45, 2.75) is 33.2 Å². The van der Waals surface area contributed by atoms with Gasteiger partial charge >= 0.3 is 5.97 Å². The maximum atomic E-state index is 13.1.